The molecule has 3 aliphatic rings. The molecule has 24 heavy (non-hydrogen) atoms. The van der Waals surface area contributed by atoms with Crippen LogP contribution in [0.1, 0.15) is 38.5 Å². The highest BCUT2D eigenvalue weighted by Gasteiger charge is 2.58. The highest BCUT2D eigenvalue weighted by atomic mass is 16.5. The molecule has 1 saturated carbocycles. The summed E-state index contributed by atoms with van der Waals surface area (Å²) in [5.74, 6) is 0.00935. The number of carboxylic acid groups (broad SMARTS) is 1. The van der Waals surface area contributed by atoms with Crippen LogP contribution in [0.5, 0.6) is 0 Å². The molecule has 3 fully saturated rings. The van der Waals surface area contributed by atoms with E-state index >= 15 is 0 Å². The van der Waals surface area contributed by atoms with Gasteiger partial charge in [-0.15, -0.1) is 0 Å². The Bertz CT molecular complexity index is 478. The van der Waals surface area contributed by atoms with Crippen molar-refractivity contribution in [3.05, 3.63) is 0 Å². The fraction of sp³-hybridized carbons (Fsp3) is 0.889. The first kappa shape index (κ1) is 17.7. The first-order chi connectivity index (χ1) is 11.5. The number of aliphatic carboxylic acids is 1. The topological polar surface area (TPSA) is 70.1 Å². The van der Waals surface area contributed by atoms with Crippen LogP contribution in [-0.2, 0) is 14.3 Å². The lowest BCUT2D eigenvalue weighted by Gasteiger charge is -2.26. The zero-order valence-corrected chi connectivity index (χ0v) is 14.7. The van der Waals surface area contributed by atoms with Crippen LogP contribution in [0.4, 0.5) is 0 Å². The number of carbonyl (C=O) groups excluding carboxylic acids is 1. The van der Waals surface area contributed by atoms with E-state index in [1.54, 1.807) is 7.11 Å². The monoisotopic (exact) mass is 338 g/mol. The van der Waals surface area contributed by atoms with Crippen molar-refractivity contribution in [2.45, 2.75) is 38.5 Å². The van der Waals surface area contributed by atoms with Crippen molar-refractivity contribution in [3.8, 4) is 0 Å². The first-order valence-electron chi connectivity index (χ1n) is 9.27. The average Bonchev–Trinajstić information content (AvgIpc) is 3.21. The van der Waals surface area contributed by atoms with Gasteiger partial charge in [-0.2, -0.15) is 0 Å². The first-order valence-corrected chi connectivity index (χ1v) is 9.27. The third-order valence-electron chi connectivity index (χ3n) is 6.22. The van der Waals surface area contributed by atoms with E-state index < -0.39 is 11.4 Å². The summed E-state index contributed by atoms with van der Waals surface area (Å²) in [7, 11) is 1.69. The van der Waals surface area contributed by atoms with Crippen LogP contribution in [0.15, 0.2) is 0 Å². The molecular formula is C18H30N2O4. The molecule has 136 valence electrons. The minimum absolute atomic E-state index is 0.0603. The summed E-state index contributed by atoms with van der Waals surface area (Å²) in [6.45, 7) is 3.91. The number of methoxy groups -OCH3 is 1. The fourth-order valence-corrected chi connectivity index (χ4v) is 4.86. The fourth-order valence-electron chi connectivity index (χ4n) is 4.86. The molecule has 0 spiro atoms. The third-order valence-corrected chi connectivity index (χ3v) is 6.22. The molecule has 0 aromatic heterocycles. The Hall–Kier alpha value is -1.14. The van der Waals surface area contributed by atoms with E-state index in [0.29, 0.717) is 38.6 Å². The van der Waals surface area contributed by atoms with Crippen LogP contribution in [0.3, 0.4) is 0 Å². The summed E-state index contributed by atoms with van der Waals surface area (Å²) >= 11 is 0. The molecule has 0 radical (unpaired) electrons. The normalized spacial score (nSPS) is 30.9. The second-order valence-corrected chi connectivity index (χ2v) is 7.87. The summed E-state index contributed by atoms with van der Waals surface area (Å²) in [4.78, 5) is 28.7. The summed E-state index contributed by atoms with van der Waals surface area (Å²) in [5.41, 5.74) is -0.765. The molecule has 1 aliphatic carbocycles. The van der Waals surface area contributed by atoms with Gasteiger partial charge in [0.25, 0.3) is 0 Å². The second kappa shape index (κ2) is 7.40. The predicted octanol–water partition coefficient (Wildman–Crippen LogP) is 1.45. The van der Waals surface area contributed by atoms with Gasteiger partial charge in [-0.05, 0) is 25.2 Å². The van der Waals surface area contributed by atoms with Crippen molar-refractivity contribution in [1.82, 2.24) is 9.80 Å². The zero-order chi connectivity index (χ0) is 17.2. The summed E-state index contributed by atoms with van der Waals surface area (Å²) in [6.07, 6.45) is 6.30. The molecule has 0 unspecified atom stereocenters. The molecule has 2 atom stereocenters. The number of nitrogens with zero attached hydrogens (tertiary/aromatic N) is 2. The number of rotatable bonds is 7. The van der Waals surface area contributed by atoms with Crippen molar-refractivity contribution in [2.75, 3.05) is 46.4 Å². The number of hydrogen-bond donors (Lipinski definition) is 1. The van der Waals surface area contributed by atoms with E-state index in [-0.39, 0.29) is 11.8 Å². The minimum Gasteiger partial charge on any atom is -0.481 e. The third kappa shape index (κ3) is 3.45. The SMILES string of the molecule is COCCCN1C[C@@H]2CN(C(=O)CC3CCCC3)C[C@]2(C(=O)O)C1. The number of hydrogen-bond acceptors (Lipinski definition) is 4. The van der Waals surface area contributed by atoms with Gasteiger partial charge in [-0.25, -0.2) is 0 Å². The Labute approximate surface area is 144 Å². The molecule has 3 rings (SSSR count). The van der Waals surface area contributed by atoms with Crippen molar-refractivity contribution < 1.29 is 19.4 Å². The Balaban J connectivity index is 1.58. The van der Waals surface area contributed by atoms with Gasteiger partial charge in [0.05, 0.1) is 0 Å². The lowest BCUT2D eigenvalue weighted by atomic mass is 9.81. The number of amides is 1. The van der Waals surface area contributed by atoms with Crippen LogP contribution in [-0.4, -0.2) is 73.2 Å². The van der Waals surface area contributed by atoms with Gasteiger partial charge in [0, 0.05) is 58.8 Å². The zero-order valence-electron chi connectivity index (χ0n) is 14.7. The minimum atomic E-state index is -0.765. The molecule has 2 saturated heterocycles. The molecule has 1 amide bonds. The van der Waals surface area contributed by atoms with Gasteiger partial charge in [0.2, 0.25) is 5.91 Å². The van der Waals surface area contributed by atoms with Crippen molar-refractivity contribution in [3.63, 3.8) is 0 Å². The van der Waals surface area contributed by atoms with Crippen molar-refractivity contribution >= 4 is 11.9 Å². The molecule has 2 aliphatic heterocycles. The molecular weight excluding hydrogens is 308 g/mol. The highest BCUT2D eigenvalue weighted by molar-refractivity contribution is 5.81. The molecule has 0 aromatic carbocycles. The van der Waals surface area contributed by atoms with E-state index in [0.717, 1.165) is 32.4 Å². The maximum Gasteiger partial charge on any atom is 0.313 e. The Morgan fingerprint density at radius 2 is 1.96 bits per heavy atom. The quantitative estimate of drug-likeness (QED) is 0.712. The smallest absolute Gasteiger partial charge is 0.313 e. The van der Waals surface area contributed by atoms with Crippen LogP contribution in [0.2, 0.25) is 0 Å². The van der Waals surface area contributed by atoms with Gasteiger partial charge in [0.1, 0.15) is 5.41 Å². The average molecular weight is 338 g/mol. The standard InChI is InChI=1S/C18H30N2O4/c1-24-8-4-7-19-10-15-11-20(13-18(15,12-19)17(22)23)16(21)9-14-5-2-3-6-14/h14-15H,2-13H2,1H3,(H,22,23)/t15-,18-/m1/s1. The van der Waals surface area contributed by atoms with E-state index in [1.807, 2.05) is 4.90 Å². The maximum atomic E-state index is 12.6. The van der Waals surface area contributed by atoms with Crippen molar-refractivity contribution in [1.29, 1.82) is 0 Å². The lowest BCUT2D eigenvalue weighted by Crippen LogP contribution is -2.42. The molecule has 6 heteroatoms. The van der Waals surface area contributed by atoms with E-state index in [2.05, 4.69) is 4.90 Å². The van der Waals surface area contributed by atoms with Crippen LogP contribution >= 0.6 is 0 Å². The second-order valence-electron chi connectivity index (χ2n) is 7.87. The van der Waals surface area contributed by atoms with E-state index in [4.69, 9.17) is 4.74 Å². The molecule has 0 bridgehead atoms. The molecule has 1 N–H and O–H groups in total. The van der Waals surface area contributed by atoms with E-state index in [1.165, 1.54) is 12.8 Å². The van der Waals surface area contributed by atoms with Crippen LogP contribution in [0.25, 0.3) is 0 Å². The van der Waals surface area contributed by atoms with Gasteiger partial charge < -0.3 is 19.6 Å². The van der Waals surface area contributed by atoms with Crippen LogP contribution in [0, 0.1) is 17.3 Å². The molecule has 6 nitrogen and oxygen atoms in total. The number of fused-ring (bicyclic) bond motifs is 1. The van der Waals surface area contributed by atoms with Gasteiger partial charge >= 0.3 is 5.97 Å². The summed E-state index contributed by atoms with van der Waals surface area (Å²) in [5, 5.41) is 9.86. The maximum absolute atomic E-state index is 12.6. The van der Waals surface area contributed by atoms with Crippen molar-refractivity contribution in [2.24, 2.45) is 17.3 Å². The molecule has 0 aromatic rings. The Morgan fingerprint density at radius 1 is 1.21 bits per heavy atom. The summed E-state index contributed by atoms with van der Waals surface area (Å²) in [6, 6.07) is 0. The van der Waals surface area contributed by atoms with Gasteiger partial charge in [-0.3, -0.25) is 9.59 Å². The largest absolute Gasteiger partial charge is 0.481 e. The molecule has 2 heterocycles. The van der Waals surface area contributed by atoms with Crippen LogP contribution < -0.4 is 0 Å². The number of likely N-dealkylation sites (tertiary alicyclic amines) is 2. The highest BCUT2D eigenvalue weighted by Crippen LogP contribution is 2.43. The summed E-state index contributed by atoms with van der Waals surface area (Å²) < 4.78 is 5.08. The number of carboxylic acids is 1. The van der Waals surface area contributed by atoms with Gasteiger partial charge in [-0.1, -0.05) is 12.8 Å². The van der Waals surface area contributed by atoms with Gasteiger partial charge in [0.15, 0.2) is 0 Å². The predicted molar refractivity (Wildman–Crippen MR) is 89.6 cm³/mol. The Kier molecular flexibility index (Phi) is 5.45. The Morgan fingerprint density at radius 3 is 2.58 bits per heavy atom. The van der Waals surface area contributed by atoms with E-state index in [9.17, 15) is 14.7 Å². The number of carbonyl (C=O) groups is 2. The lowest BCUT2D eigenvalue weighted by molar-refractivity contribution is -0.149. The number of ether oxygens (including phenoxy) is 1.